The molecule has 0 atom stereocenters. The van der Waals surface area contributed by atoms with Gasteiger partial charge in [-0.15, -0.1) is 11.3 Å². The van der Waals surface area contributed by atoms with Crippen molar-refractivity contribution in [3.63, 3.8) is 0 Å². The largest absolute Gasteiger partial charge is 0.379 e. The molecule has 0 unspecified atom stereocenters. The van der Waals surface area contributed by atoms with Crippen LogP contribution in [0.4, 0.5) is 5.13 Å². The van der Waals surface area contributed by atoms with Gasteiger partial charge in [0.2, 0.25) is 0 Å². The quantitative estimate of drug-likeness (QED) is 0.587. The molecule has 2 rings (SSSR count). The van der Waals surface area contributed by atoms with Gasteiger partial charge in [0.15, 0.2) is 11.1 Å². The van der Waals surface area contributed by atoms with Crippen molar-refractivity contribution in [1.82, 2.24) is 20.5 Å². The number of thiazole rings is 1. The van der Waals surface area contributed by atoms with Crippen molar-refractivity contribution in [3.05, 3.63) is 11.1 Å². The van der Waals surface area contributed by atoms with Crippen LogP contribution < -0.4 is 15.5 Å². The van der Waals surface area contributed by atoms with E-state index in [2.05, 4.69) is 44.7 Å². The highest BCUT2D eigenvalue weighted by Gasteiger charge is 2.28. The highest BCUT2D eigenvalue weighted by atomic mass is 32.1. The van der Waals surface area contributed by atoms with E-state index < -0.39 is 0 Å². The number of nitrogens with one attached hydrogen (secondary N) is 2. The van der Waals surface area contributed by atoms with E-state index in [1.54, 1.807) is 18.4 Å². The molecule has 0 spiro atoms. The summed E-state index contributed by atoms with van der Waals surface area (Å²) in [5.74, 6) is 0.802. The van der Waals surface area contributed by atoms with Crippen molar-refractivity contribution in [3.8, 4) is 0 Å². The predicted molar refractivity (Wildman–Crippen MR) is 101 cm³/mol. The van der Waals surface area contributed by atoms with Crippen LogP contribution >= 0.6 is 11.3 Å². The minimum Gasteiger partial charge on any atom is -0.379 e. The van der Waals surface area contributed by atoms with Gasteiger partial charge in [0.25, 0.3) is 0 Å². The van der Waals surface area contributed by atoms with Crippen LogP contribution in [0.3, 0.4) is 0 Å². The zero-order valence-corrected chi connectivity index (χ0v) is 16.2. The molecule has 0 amide bonds. The molecule has 24 heavy (non-hydrogen) atoms. The first-order chi connectivity index (χ1) is 11.4. The zero-order chi connectivity index (χ0) is 17.6. The van der Waals surface area contributed by atoms with E-state index in [9.17, 15) is 0 Å². The smallest absolute Gasteiger partial charge is 0.191 e. The number of hydrogen-bond donors (Lipinski definition) is 2. The SMILES string of the molecule is CN=C(NCc1csc(N(C)C)n1)NCC(C)(C)N1CCOCC1. The van der Waals surface area contributed by atoms with Gasteiger partial charge in [-0.3, -0.25) is 9.89 Å². The third-order valence-electron chi connectivity index (χ3n) is 4.14. The van der Waals surface area contributed by atoms with Crippen molar-refractivity contribution < 1.29 is 4.74 Å². The van der Waals surface area contributed by atoms with Gasteiger partial charge in [-0.25, -0.2) is 4.98 Å². The number of ether oxygens (including phenoxy) is 1. The molecule has 2 heterocycles. The Hall–Kier alpha value is -1.38. The van der Waals surface area contributed by atoms with E-state index >= 15 is 0 Å². The molecule has 1 aromatic heterocycles. The Kier molecular flexibility index (Phi) is 6.82. The minimum atomic E-state index is 0.0557. The maximum absolute atomic E-state index is 5.44. The summed E-state index contributed by atoms with van der Waals surface area (Å²) in [5.41, 5.74) is 1.08. The van der Waals surface area contributed by atoms with Gasteiger partial charge in [-0.2, -0.15) is 0 Å². The fraction of sp³-hybridized carbons (Fsp3) is 0.750. The fourth-order valence-corrected chi connectivity index (χ4v) is 3.32. The molecule has 1 aliphatic rings. The standard InChI is InChI=1S/C16H30N6OS/c1-16(2,22-6-8-23-9-7-22)12-19-14(17-3)18-10-13-11-24-15(20-13)21(4)5/h11H,6-10,12H2,1-5H3,(H2,17,18,19). The maximum Gasteiger partial charge on any atom is 0.191 e. The Labute approximate surface area is 149 Å². The molecule has 0 bridgehead atoms. The molecule has 1 fully saturated rings. The highest BCUT2D eigenvalue weighted by molar-refractivity contribution is 7.13. The zero-order valence-electron chi connectivity index (χ0n) is 15.4. The summed E-state index contributed by atoms with van der Waals surface area (Å²) < 4.78 is 5.44. The summed E-state index contributed by atoms with van der Waals surface area (Å²) >= 11 is 1.65. The lowest BCUT2D eigenvalue weighted by atomic mass is 10.0. The molecule has 0 saturated carbocycles. The van der Waals surface area contributed by atoms with Crippen LogP contribution in [-0.2, 0) is 11.3 Å². The lowest BCUT2D eigenvalue weighted by Crippen LogP contribution is -2.56. The van der Waals surface area contributed by atoms with Gasteiger partial charge < -0.3 is 20.3 Å². The Morgan fingerprint density at radius 1 is 1.38 bits per heavy atom. The number of rotatable bonds is 6. The summed E-state index contributed by atoms with van der Waals surface area (Å²) in [7, 11) is 5.80. The second-order valence-corrected chi connectivity index (χ2v) is 7.54. The Bertz CT molecular complexity index is 536. The number of guanidine groups is 1. The lowest BCUT2D eigenvalue weighted by molar-refractivity contribution is -0.00834. The van der Waals surface area contributed by atoms with Crippen molar-refractivity contribution in [2.75, 3.05) is 58.9 Å². The van der Waals surface area contributed by atoms with Gasteiger partial charge in [0.05, 0.1) is 25.5 Å². The summed E-state index contributed by atoms with van der Waals surface area (Å²) in [6.07, 6.45) is 0. The van der Waals surface area contributed by atoms with Crippen molar-refractivity contribution in [1.29, 1.82) is 0 Å². The van der Waals surface area contributed by atoms with Crippen molar-refractivity contribution in [2.45, 2.75) is 25.9 Å². The Morgan fingerprint density at radius 3 is 2.67 bits per heavy atom. The third kappa shape index (κ3) is 5.32. The van der Waals surface area contributed by atoms with Gasteiger partial charge in [0.1, 0.15) is 0 Å². The second-order valence-electron chi connectivity index (χ2n) is 6.71. The van der Waals surface area contributed by atoms with Gasteiger partial charge in [0, 0.05) is 51.7 Å². The number of nitrogens with zero attached hydrogens (tertiary/aromatic N) is 4. The van der Waals surface area contributed by atoms with E-state index in [0.717, 1.165) is 49.6 Å². The molecule has 0 aliphatic carbocycles. The number of hydrogen-bond acceptors (Lipinski definition) is 6. The van der Waals surface area contributed by atoms with Crippen LogP contribution in [0.2, 0.25) is 0 Å². The normalized spacial score (nSPS) is 17.0. The van der Waals surface area contributed by atoms with Gasteiger partial charge >= 0.3 is 0 Å². The first kappa shape index (κ1) is 19.0. The molecule has 7 nitrogen and oxygen atoms in total. The van der Waals surface area contributed by atoms with Crippen LogP contribution in [0.25, 0.3) is 0 Å². The Balaban J connectivity index is 1.81. The number of morpholine rings is 1. The summed E-state index contributed by atoms with van der Waals surface area (Å²) in [6, 6.07) is 0. The fourth-order valence-electron chi connectivity index (χ4n) is 2.56. The molecular formula is C16H30N6OS. The molecule has 1 saturated heterocycles. The highest BCUT2D eigenvalue weighted by Crippen LogP contribution is 2.17. The first-order valence-corrected chi connectivity index (χ1v) is 9.19. The van der Waals surface area contributed by atoms with E-state index in [0.29, 0.717) is 6.54 Å². The summed E-state index contributed by atoms with van der Waals surface area (Å²) in [6.45, 7) is 9.59. The molecule has 1 aliphatic heterocycles. The van der Waals surface area contributed by atoms with Gasteiger partial charge in [-0.1, -0.05) is 0 Å². The molecule has 2 N–H and O–H groups in total. The predicted octanol–water partition coefficient (Wildman–Crippen LogP) is 0.985. The van der Waals surface area contributed by atoms with Crippen LogP contribution in [0.5, 0.6) is 0 Å². The molecule has 136 valence electrons. The average Bonchev–Trinajstić information content (AvgIpc) is 3.05. The molecule has 0 radical (unpaired) electrons. The van der Waals surface area contributed by atoms with Crippen LogP contribution in [0.15, 0.2) is 10.4 Å². The Morgan fingerprint density at radius 2 is 2.08 bits per heavy atom. The third-order valence-corrected chi connectivity index (χ3v) is 5.20. The van der Waals surface area contributed by atoms with E-state index in [1.165, 1.54) is 0 Å². The van der Waals surface area contributed by atoms with Crippen LogP contribution in [-0.4, -0.2) is 75.4 Å². The molecule has 1 aromatic rings. The van der Waals surface area contributed by atoms with Crippen LogP contribution in [0.1, 0.15) is 19.5 Å². The number of aliphatic imine (C=N–C) groups is 1. The first-order valence-electron chi connectivity index (χ1n) is 8.31. The van der Waals surface area contributed by atoms with Crippen molar-refractivity contribution >= 4 is 22.4 Å². The topological polar surface area (TPSA) is 65.0 Å². The van der Waals surface area contributed by atoms with E-state index in [4.69, 9.17) is 4.74 Å². The number of aromatic nitrogens is 1. The summed E-state index contributed by atoms with van der Waals surface area (Å²) in [5, 5.41) is 9.86. The second kappa shape index (κ2) is 8.64. The van der Waals surface area contributed by atoms with Crippen molar-refractivity contribution in [2.24, 2.45) is 4.99 Å². The summed E-state index contributed by atoms with van der Waals surface area (Å²) in [4.78, 5) is 13.4. The van der Waals surface area contributed by atoms with Gasteiger partial charge in [-0.05, 0) is 13.8 Å². The maximum atomic E-state index is 5.44. The molecule has 8 heteroatoms. The average molecular weight is 355 g/mol. The van der Waals surface area contributed by atoms with E-state index in [1.807, 2.05) is 19.0 Å². The minimum absolute atomic E-state index is 0.0557. The number of anilines is 1. The molecular weight excluding hydrogens is 324 g/mol. The van der Waals surface area contributed by atoms with Crippen LogP contribution in [0, 0.1) is 0 Å². The molecule has 0 aromatic carbocycles. The lowest BCUT2D eigenvalue weighted by Gasteiger charge is -2.41. The van der Waals surface area contributed by atoms with E-state index in [-0.39, 0.29) is 5.54 Å². The monoisotopic (exact) mass is 354 g/mol.